The fraction of sp³-hybridized carbons (Fsp3) is 0.429. The third kappa shape index (κ3) is 3.98. The van der Waals surface area contributed by atoms with Crippen molar-refractivity contribution in [1.29, 1.82) is 0 Å². The number of benzene rings is 1. The monoisotopic (exact) mass is 263 g/mol. The summed E-state index contributed by atoms with van der Waals surface area (Å²) in [6.07, 6.45) is 1.13. The van der Waals surface area contributed by atoms with Gasteiger partial charge < -0.3 is 14.3 Å². The molecule has 1 aliphatic rings. The summed E-state index contributed by atoms with van der Waals surface area (Å²) in [5.41, 5.74) is 0.345. The molecule has 0 spiro atoms. The number of nitrogens with zero attached hydrogens (tertiary/aromatic N) is 1. The lowest BCUT2D eigenvalue weighted by Crippen LogP contribution is -2.29. The normalized spacial score (nSPS) is 18.2. The van der Waals surface area contributed by atoms with Crippen molar-refractivity contribution < 1.29 is 19.1 Å². The predicted octanol–water partition coefficient (Wildman–Crippen LogP) is 2.16. The summed E-state index contributed by atoms with van der Waals surface area (Å²) in [5, 5.41) is 3.80. The summed E-state index contributed by atoms with van der Waals surface area (Å²) in [5.74, 6) is 0.399. The summed E-state index contributed by atoms with van der Waals surface area (Å²) in [7, 11) is 0. The Morgan fingerprint density at radius 2 is 2.21 bits per heavy atom. The average molecular weight is 263 g/mol. The highest BCUT2D eigenvalue weighted by Crippen LogP contribution is 2.15. The molecule has 19 heavy (non-hydrogen) atoms. The fourth-order valence-corrected chi connectivity index (χ4v) is 1.71. The number of oxime groups is 1. The van der Waals surface area contributed by atoms with Crippen LogP contribution in [0.5, 0.6) is 5.75 Å². The third-order valence-electron chi connectivity index (χ3n) is 2.71. The van der Waals surface area contributed by atoms with Crippen LogP contribution in [0.1, 0.15) is 19.8 Å². The van der Waals surface area contributed by atoms with Crippen LogP contribution >= 0.6 is 0 Å². The minimum absolute atomic E-state index is 0.126. The molecule has 1 aromatic carbocycles. The largest absolute Gasteiger partial charge is 0.490 e. The number of hydrogen-bond donors (Lipinski definition) is 0. The highest BCUT2D eigenvalue weighted by Gasteiger charge is 2.23. The lowest BCUT2D eigenvalue weighted by Gasteiger charge is -2.20. The summed E-state index contributed by atoms with van der Waals surface area (Å²) >= 11 is 0. The molecule has 1 atom stereocenters. The molecular weight excluding hydrogens is 246 g/mol. The Bertz CT molecular complexity index is 444. The highest BCUT2D eigenvalue weighted by atomic mass is 16.7. The molecule has 0 aromatic heterocycles. The number of rotatable bonds is 5. The molecule has 102 valence electrons. The third-order valence-corrected chi connectivity index (χ3v) is 2.71. The molecule has 0 amide bonds. The number of carbonyl (C=O) groups is 1. The van der Waals surface area contributed by atoms with Gasteiger partial charge in [-0.2, -0.15) is 0 Å². The van der Waals surface area contributed by atoms with Crippen molar-refractivity contribution in [2.24, 2.45) is 5.16 Å². The molecule has 1 aliphatic heterocycles. The second kappa shape index (κ2) is 6.78. The van der Waals surface area contributed by atoms with Gasteiger partial charge in [0, 0.05) is 6.42 Å². The molecule has 1 aromatic rings. The first-order valence-electron chi connectivity index (χ1n) is 6.37. The zero-order valence-corrected chi connectivity index (χ0v) is 10.9. The zero-order chi connectivity index (χ0) is 13.5. The van der Waals surface area contributed by atoms with E-state index in [4.69, 9.17) is 14.3 Å². The van der Waals surface area contributed by atoms with Crippen molar-refractivity contribution in [3.63, 3.8) is 0 Å². The quantitative estimate of drug-likeness (QED) is 0.764. The minimum atomic E-state index is -0.398. The van der Waals surface area contributed by atoms with Gasteiger partial charge in [0.1, 0.15) is 12.4 Å². The Hall–Kier alpha value is -2.04. The van der Waals surface area contributed by atoms with E-state index in [9.17, 15) is 4.79 Å². The first-order valence-corrected chi connectivity index (χ1v) is 6.37. The molecule has 0 radical (unpaired) electrons. The molecule has 5 heteroatoms. The van der Waals surface area contributed by atoms with Gasteiger partial charge >= 0.3 is 5.97 Å². The van der Waals surface area contributed by atoms with Crippen LogP contribution in [0.2, 0.25) is 0 Å². The number of ether oxygens (including phenoxy) is 2. The number of carbonyl (C=O) groups excluding carboxylic acids is 1. The molecule has 1 unspecified atom stereocenters. The van der Waals surface area contributed by atoms with Crippen LogP contribution in [-0.4, -0.2) is 31.0 Å². The standard InChI is InChI=1S/C14H17NO4/c1-2-17-14(16)13-9-8-12(19-15-13)10-18-11-6-4-3-5-7-11/h3-7,12H,2,8-10H2,1H3. The van der Waals surface area contributed by atoms with E-state index in [-0.39, 0.29) is 6.10 Å². The van der Waals surface area contributed by atoms with E-state index in [1.165, 1.54) is 0 Å². The lowest BCUT2D eigenvalue weighted by molar-refractivity contribution is -0.135. The smallest absolute Gasteiger partial charge is 0.356 e. The van der Waals surface area contributed by atoms with E-state index >= 15 is 0 Å². The highest BCUT2D eigenvalue weighted by molar-refractivity contribution is 6.36. The summed E-state index contributed by atoms with van der Waals surface area (Å²) in [6.45, 7) is 2.53. The molecule has 0 bridgehead atoms. The lowest BCUT2D eigenvalue weighted by atomic mass is 10.1. The van der Waals surface area contributed by atoms with Crippen molar-refractivity contribution in [2.75, 3.05) is 13.2 Å². The van der Waals surface area contributed by atoms with Crippen LogP contribution in [0.15, 0.2) is 35.5 Å². The van der Waals surface area contributed by atoms with Crippen molar-refractivity contribution >= 4 is 11.7 Å². The predicted molar refractivity (Wildman–Crippen MR) is 70.1 cm³/mol. The van der Waals surface area contributed by atoms with Crippen molar-refractivity contribution in [3.8, 4) is 5.75 Å². The van der Waals surface area contributed by atoms with Crippen LogP contribution < -0.4 is 4.74 Å². The first kappa shape index (κ1) is 13.4. The number of esters is 1. The molecule has 0 aliphatic carbocycles. The second-order valence-electron chi connectivity index (χ2n) is 4.15. The average Bonchev–Trinajstić information content (AvgIpc) is 2.47. The van der Waals surface area contributed by atoms with Crippen LogP contribution in [0.3, 0.4) is 0 Å². The summed E-state index contributed by atoms with van der Waals surface area (Å²) in [4.78, 5) is 16.7. The van der Waals surface area contributed by atoms with Crippen molar-refractivity contribution in [3.05, 3.63) is 30.3 Å². The fourth-order valence-electron chi connectivity index (χ4n) is 1.71. The van der Waals surface area contributed by atoms with E-state index in [1.54, 1.807) is 6.92 Å². The summed E-state index contributed by atoms with van der Waals surface area (Å²) in [6, 6.07) is 9.52. The second-order valence-corrected chi connectivity index (χ2v) is 4.15. The van der Waals surface area contributed by atoms with E-state index in [2.05, 4.69) is 5.16 Å². The molecule has 0 N–H and O–H groups in total. The molecule has 0 saturated carbocycles. The van der Waals surface area contributed by atoms with Crippen molar-refractivity contribution in [2.45, 2.75) is 25.9 Å². The van der Waals surface area contributed by atoms with Crippen LogP contribution in [0.25, 0.3) is 0 Å². The van der Waals surface area contributed by atoms with Gasteiger partial charge in [-0.25, -0.2) is 4.79 Å². The molecule has 1 heterocycles. The van der Waals surface area contributed by atoms with Crippen LogP contribution in [-0.2, 0) is 14.4 Å². The maximum Gasteiger partial charge on any atom is 0.356 e. The first-order chi connectivity index (χ1) is 9.29. The Balaban J connectivity index is 1.78. The van der Waals surface area contributed by atoms with Gasteiger partial charge in [0.05, 0.1) is 6.61 Å². The zero-order valence-electron chi connectivity index (χ0n) is 10.9. The maximum atomic E-state index is 11.4. The Morgan fingerprint density at radius 1 is 1.42 bits per heavy atom. The van der Waals surface area contributed by atoms with E-state index < -0.39 is 5.97 Å². The van der Waals surface area contributed by atoms with Gasteiger partial charge in [-0.15, -0.1) is 0 Å². The van der Waals surface area contributed by atoms with E-state index in [0.717, 1.165) is 5.75 Å². The maximum absolute atomic E-state index is 11.4. The molecular formula is C14H17NO4. The van der Waals surface area contributed by atoms with E-state index in [1.807, 2.05) is 30.3 Å². The van der Waals surface area contributed by atoms with Crippen LogP contribution in [0.4, 0.5) is 0 Å². The SMILES string of the molecule is CCOC(=O)C1=NOC(COc2ccccc2)CC1. The molecule has 0 saturated heterocycles. The van der Waals surface area contributed by atoms with E-state index in [0.29, 0.717) is 31.8 Å². The number of hydrogen-bond acceptors (Lipinski definition) is 5. The summed E-state index contributed by atoms with van der Waals surface area (Å²) < 4.78 is 10.4. The molecule has 0 fully saturated rings. The van der Waals surface area contributed by atoms with Gasteiger partial charge in [-0.3, -0.25) is 0 Å². The van der Waals surface area contributed by atoms with Gasteiger partial charge in [0.25, 0.3) is 0 Å². The topological polar surface area (TPSA) is 57.1 Å². The Kier molecular flexibility index (Phi) is 4.78. The molecule has 2 rings (SSSR count). The van der Waals surface area contributed by atoms with Crippen LogP contribution in [0, 0.1) is 0 Å². The minimum Gasteiger partial charge on any atom is -0.490 e. The van der Waals surface area contributed by atoms with Crippen molar-refractivity contribution in [1.82, 2.24) is 0 Å². The number of para-hydroxylation sites is 1. The molecule has 5 nitrogen and oxygen atoms in total. The van der Waals surface area contributed by atoms with Gasteiger partial charge in [0.2, 0.25) is 0 Å². The van der Waals surface area contributed by atoms with Gasteiger partial charge in [0.15, 0.2) is 11.8 Å². The van der Waals surface area contributed by atoms with Gasteiger partial charge in [-0.1, -0.05) is 23.4 Å². The Morgan fingerprint density at radius 3 is 2.84 bits per heavy atom. The Labute approximate surface area is 112 Å². The van der Waals surface area contributed by atoms with Gasteiger partial charge in [-0.05, 0) is 25.5 Å².